The molecule has 1 spiro atoms. The molecule has 1 saturated carbocycles. The topological polar surface area (TPSA) is 42.4 Å². The summed E-state index contributed by atoms with van der Waals surface area (Å²) in [6.45, 7) is 1.52. The number of methoxy groups -OCH3 is 1. The quantitative estimate of drug-likeness (QED) is 0.731. The molecule has 1 unspecified atom stereocenters. The number of carbonyl (C=O) groups is 1. The van der Waals surface area contributed by atoms with Gasteiger partial charge in [0, 0.05) is 43.1 Å². The molecule has 25 heavy (non-hydrogen) atoms. The first-order valence-corrected chi connectivity index (χ1v) is 9.43. The number of hydrogen-bond acceptors (Lipinski definition) is 4. The SMILES string of the molecule is COc1ccc(CN2CC3(CCC(=O)C3)c3c2ncc(Br)c3Cl)cc1. The number of Topliss-reactive ketones (excluding diaryl/α,β-unsaturated/α-hetero) is 1. The maximum Gasteiger partial charge on any atom is 0.134 e. The second kappa shape index (κ2) is 6.29. The van der Waals surface area contributed by atoms with E-state index in [9.17, 15) is 4.79 Å². The zero-order valence-electron chi connectivity index (χ0n) is 13.9. The first-order valence-electron chi connectivity index (χ1n) is 8.26. The van der Waals surface area contributed by atoms with Crippen molar-refractivity contribution in [3.05, 3.63) is 51.1 Å². The Bertz CT molecular complexity index is 840. The van der Waals surface area contributed by atoms with E-state index < -0.39 is 0 Å². The molecule has 2 aromatic rings. The van der Waals surface area contributed by atoms with Gasteiger partial charge in [-0.15, -0.1) is 0 Å². The minimum Gasteiger partial charge on any atom is -0.497 e. The summed E-state index contributed by atoms with van der Waals surface area (Å²) >= 11 is 10.1. The van der Waals surface area contributed by atoms with Gasteiger partial charge in [0.1, 0.15) is 17.4 Å². The zero-order chi connectivity index (χ0) is 17.6. The van der Waals surface area contributed by atoms with Gasteiger partial charge in [-0.25, -0.2) is 4.98 Å². The van der Waals surface area contributed by atoms with Gasteiger partial charge < -0.3 is 9.64 Å². The molecule has 1 aromatic carbocycles. The molecule has 1 aliphatic carbocycles. The Balaban J connectivity index is 1.71. The van der Waals surface area contributed by atoms with E-state index in [0.29, 0.717) is 23.6 Å². The summed E-state index contributed by atoms with van der Waals surface area (Å²) in [6, 6.07) is 8.04. The van der Waals surface area contributed by atoms with Gasteiger partial charge in [0.2, 0.25) is 0 Å². The van der Waals surface area contributed by atoms with Gasteiger partial charge in [-0.05, 0) is 40.0 Å². The van der Waals surface area contributed by atoms with E-state index in [4.69, 9.17) is 16.3 Å². The highest BCUT2D eigenvalue weighted by atomic mass is 79.9. The maximum atomic E-state index is 12.0. The molecule has 0 N–H and O–H groups in total. The molecule has 1 fully saturated rings. The number of nitrogens with zero attached hydrogens (tertiary/aromatic N) is 2. The second-order valence-electron chi connectivity index (χ2n) is 6.82. The number of ketones is 1. The number of aromatic nitrogens is 1. The molecule has 1 aromatic heterocycles. The normalized spacial score (nSPS) is 21.9. The smallest absolute Gasteiger partial charge is 0.134 e. The molecule has 4 nitrogen and oxygen atoms in total. The van der Waals surface area contributed by atoms with Crippen molar-refractivity contribution in [1.29, 1.82) is 0 Å². The van der Waals surface area contributed by atoms with Crippen molar-refractivity contribution in [2.24, 2.45) is 0 Å². The van der Waals surface area contributed by atoms with Crippen molar-refractivity contribution in [3.8, 4) is 5.75 Å². The molecular weight excluding hydrogens is 404 g/mol. The summed E-state index contributed by atoms with van der Waals surface area (Å²) in [7, 11) is 1.66. The first-order chi connectivity index (χ1) is 12.0. The number of ether oxygens (including phenoxy) is 1. The van der Waals surface area contributed by atoms with E-state index in [-0.39, 0.29) is 5.41 Å². The van der Waals surface area contributed by atoms with Gasteiger partial charge in [-0.3, -0.25) is 4.79 Å². The third-order valence-corrected chi connectivity index (χ3v) is 6.45. The molecule has 6 heteroatoms. The zero-order valence-corrected chi connectivity index (χ0v) is 16.2. The fourth-order valence-corrected chi connectivity index (χ4v) is 4.68. The number of fused-ring (bicyclic) bond motifs is 2. The number of pyridine rings is 1. The summed E-state index contributed by atoms with van der Waals surface area (Å²) in [5.74, 6) is 2.06. The predicted molar refractivity (Wildman–Crippen MR) is 102 cm³/mol. The monoisotopic (exact) mass is 420 g/mol. The van der Waals surface area contributed by atoms with Crippen molar-refractivity contribution in [3.63, 3.8) is 0 Å². The molecular formula is C19H18BrClN2O2. The third-order valence-electron chi connectivity index (χ3n) is 5.23. The summed E-state index contributed by atoms with van der Waals surface area (Å²) in [5.41, 5.74) is 2.00. The van der Waals surface area contributed by atoms with Crippen molar-refractivity contribution in [2.75, 3.05) is 18.6 Å². The fraction of sp³-hybridized carbons (Fsp3) is 0.368. The lowest BCUT2D eigenvalue weighted by Gasteiger charge is -2.25. The largest absolute Gasteiger partial charge is 0.497 e. The van der Waals surface area contributed by atoms with Crippen LogP contribution in [-0.2, 0) is 16.8 Å². The Morgan fingerprint density at radius 1 is 1.36 bits per heavy atom. The molecule has 2 aliphatic rings. The van der Waals surface area contributed by atoms with Crippen molar-refractivity contribution < 1.29 is 9.53 Å². The number of hydrogen-bond donors (Lipinski definition) is 0. The van der Waals surface area contributed by atoms with Crippen LogP contribution in [0, 0.1) is 0 Å². The van der Waals surface area contributed by atoms with E-state index >= 15 is 0 Å². The van der Waals surface area contributed by atoms with E-state index in [1.807, 2.05) is 12.1 Å². The Hall–Kier alpha value is -1.59. The Kier molecular flexibility index (Phi) is 4.24. The van der Waals surface area contributed by atoms with Crippen LogP contribution in [-0.4, -0.2) is 24.4 Å². The average Bonchev–Trinajstić information content (AvgIpc) is 3.12. The lowest BCUT2D eigenvalue weighted by Crippen LogP contribution is -2.31. The van der Waals surface area contributed by atoms with Gasteiger partial charge in [0.05, 0.1) is 16.6 Å². The molecule has 4 rings (SSSR count). The lowest BCUT2D eigenvalue weighted by atomic mass is 9.81. The minimum atomic E-state index is -0.202. The van der Waals surface area contributed by atoms with Crippen LogP contribution in [0.25, 0.3) is 0 Å². The highest BCUT2D eigenvalue weighted by molar-refractivity contribution is 9.10. The number of halogens is 2. The van der Waals surface area contributed by atoms with Crippen LogP contribution in [0.2, 0.25) is 5.02 Å². The molecule has 0 bridgehead atoms. The van der Waals surface area contributed by atoms with Gasteiger partial charge in [0.15, 0.2) is 0 Å². The molecule has 1 aliphatic heterocycles. The molecule has 0 amide bonds. The maximum absolute atomic E-state index is 12.0. The Morgan fingerprint density at radius 2 is 2.12 bits per heavy atom. The van der Waals surface area contributed by atoms with Gasteiger partial charge in [-0.1, -0.05) is 23.7 Å². The van der Waals surface area contributed by atoms with E-state index in [1.54, 1.807) is 13.3 Å². The van der Waals surface area contributed by atoms with Gasteiger partial charge >= 0.3 is 0 Å². The Labute approximate surface area is 160 Å². The lowest BCUT2D eigenvalue weighted by molar-refractivity contribution is -0.117. The number of benzene rings is 1. The summed E-state index contributed by atoms with van der Waals surface area (Å²) < 4.78 is 6.02. The molecule has 0 radical (unpaired) electrons. The molecule has 0 saturated heterocycles. The van der Waals surface area contributed by atoms with Crippen LogP contribution in [0.15, 0.2) is 34.9 Å². The number of anilines is 1. The van der Waals surface area contributed by atoms with Crippen molar-refractivity contribution in [1.82, 2.24) is 4.98 Å². The third kappa shape index (κ3) is 2.83. The number of rotatable bonds is 3. The van der Waals surface area contributed by atoms with Crippen LogP contribution in [0.4, 0.5) is 5.82 Å². The highest BCUT2D eigenvalue weighted by Crippen LogP contribution is 2.52. The molecule has 1 atom stereocenters. The summed E-state index contributed by atoms with van der Waals surface area (Å²) in [4.78, 5) is 18.9. The predicted octanol–water partition coefficient (Wildman–Crippen LogP) is 4.52. The van der Waals surface area contributed by atoms with Crippen molar-refractivity contribution in [2.45, 2.75) is 31.2 Å². The van der Waals surface area contributed by atoms with Crippen LogP contribution < -0.4 is 9.64 Å². The van der Waals surface area contributed by atoms with Crippen LogP contribution in [0.5, 0.6) is 5.75 Å². The summed E-state index contributed by atoms with van der Waals surface area (Å²) in [5, 5.41) is 0.692. The number of carbonyl (C=O) groups excluding carboxylic acids is 1. The van der Waals surface area contributed by atoms with Crippen LogP contribution in [0.3, 0.4) is 0 Å². The van der Waals surface area contributed by atoms with Gasteiger partial charge in [-0.2, -0.15) is 0 Å². The highest BCUT2D eigenvalue weighted by Gasteiger charge is 2.49. The van der Waals surface area contributed by atoms with E-state index in [2.05, 4.69) is 37.9 Å². The first kappa shape index (κ1) is 16.9. The van der Waals surface area contributed by atoms with Crippen LogP contribution >= 0.6 is 27.5 Å². The van der Waals surface area contributed by atoms with Crippen LogP contribution in [0.1, 0.15) is 30.4 Å². The van der Waals surface area contributed by atoms with Gasteiger partial charge in [0.25, 0.3) is 0 Å². The van der Waals surface area contributed by atoms with E-state index in [1.165, 1.54) is 5.56 Å². The van der Waals surface area contributed by atoms with Crippen molar-refractivity contribution >= 4 is 39.1 Å². The fourth-order valence-electron chi connectivity index (χ4n) is 4.05. The standard InChI is InChI=1S/C19H18BrClN2O2/c1-25-14-4-2-12(3-5-14)10-23-11-19(7-6-13(24)8-19)16-17(21)15(20)9-22-18(16)23/h2-5,9H,6-8,10-11H2,1H3. The molecule has 2 heterocycles. The van der Waals surface area contributed by atoms with E-state index in [0.717, 1.165) is 41.1 Å². The second-order valence-corrected chi connectivity index (χ2v) is 8.05. The summed E-state index contributed by atoms with van der Waals surface area (Å²) in [6.07, 6.45) is 3.77. The molecule has 130 valence electrons. The average molecular weight is 422 g/mol. The Morgan fingerprint density at radius 3 is 2.76 bits per heavy atom. The minimum absolute atomic E-state index is 0.202.